The highest BCUT2D eigenvalue weighted by Gasteiger charge is 2.03. The van der Waals surface area contributed by atoms with Crippen molar-refractivity contribution in [1.29, 1.82) is 0 Å². The lowest BCUT2D eigenvalue weighted by Gasteiger charge is -2.13. The highest BCUT2D eigenvalue weighted by atomic mass is 32.1. The Morgan fingerprint density at radius 1 is 1.33 bits per heavy atom. The van der Waals surface area contributed by atoms with Crippen molar-refractivity contribution >= 4 is 11.3 Å². The van der Waals surface area contributed by atoms with Gasteiger partial charge in [0, 0.05) is 17.6 Å². The Balaban J connectivity index is 1.91. The second-order valence-electron chi connectivity index (χ2n) is 4.06. The number of ether oxygens (including phenoxy) is 1. The zero-order chi connectivity index (χ0) is 12.8. The van der Waals surface area contributed by atoms with Crippen LogP contribution >= 0.6 is 11.3 Å². The van der Waals surface area contributed by atoms with E-state index in [1.54, 1.807) is 17.5 Å². The van der Waals surface area contributed by atoms with Gasteiger partial charge in [0.25, 0.3) is 0 Å². The van der Waals surface area contributed by atoms with Crippen LogP contribution in [0, 0.1) is 0 Å². The highest BCUT2D eigenvalue weighted by molar-refractivity contribution is 7.09. The lowest BCUT2D eigenvalue weighted by molar-refractivity contribution is 0.305. The third kappa shape index (κ3) is 3.55. The summed E-state index contributed by atoms with van der Waals surface area (Å²) in [5, 5.41) is 6.34. The van der Waals surface area contributed by atoms with Crippen molar-refractivity contribution in [1.82, 2.24) is 10.3 Å². The molecule has 0 saturated carbocycles. The van der Waals surface area contributed by atoms with E-state index >= 15 is 0 Å². The Kier molecular flexibility index (Phi) is 4.73. The van der Waals surface area contributed by atoms with Gasteiger partial charge in [0.05, 0.1) is 0 Å². The molecule has 96 valence electrons. The molecule has 18 heavy (non-hydrogen) atoms. The summed E-state index contributed by atoms with van der Waals surface area (Å²) in [7, 11) is 0. The van der Waals surface area contributed by atoms with Crippen molar-refractivity contribution in [2.75, 3.05) is 6.54 Å². The van der Waals surface area contributed by atoms with Gasteiger partial charge in [0.1, 0.15) is 17.4 Å². The standard InChI is InChI=1S/C14H18N2OS/c1-3-15-11(2)12-4-6-13(7-5-12)17-10-14-16-8-9-18-14/h4-9,11,15H,3,10H2,1-2H3. The Hall–Kier alpha value is -1.39. The van der Waals surface area contributed by atoms with Gasteiger partial charge in [0.2, 0.25) is 0 Å². The molecule has 1 heterocycles. The Labute approximate surface area is 112 Å². The van der Waals surface area contributed by atoms with Gasteiger partial charge in [-0.2, -0.15) is 0 Å². The minimum atomic E-state index is 0.378. The molecule has 2 aromatic rings. The van der Waals surface area contributed by atoms with Crippen LogP contribution in [0.1, 0.15) is 30.5 Å². The fourth-order valence-electron chi connectivity index (χ4n) is 1.75. The molecule has 1 N–H and O–H groups in total. The summed E-state index contributed by atoms with van der Waals surface area (Å²) in [6, 6.07) is 8.60. The van der Waals surface area contributed by atoms with E-state index in [1.807, 2.05) is 17.5 Å². The Morgan fingerprint density at radius 3 is 2.72 bits per heavy atom. The predicted molar refractivity (Wildman–Crippen MR) is 75.0 cm³/mol. The van der Waals surface area contributed by atoms with E-state index < -0.39 is 0 Å². The Bertz CT molecular complexity index is 453. The number of hydrogen-bond acceptors (Lipinski definition) is 4. The van der Waals surface area contributed by atoms with Crippen molar-refractivity contribution in [2.24, 2.45) is 0 Å². The van der Waals surface area contributed by atoms with Crippen molar-refractivity contribution in [3.05, 3.63) is 46.4 Å². The molecule has 2 rings (SSSR count). The number of hydrogen-bond donors (Lipinski definition) is 1. The molecule has 1 unspecified atom stereocenters. The van der Waals surface area contributed by atoms with Gasteiger partial charge in [-0.25, -0.2) is 4.98 Å². The maximum absolute atomic E-state index is 5.67. The summed E-state index contributed by atoms with van der Waals surface area (Å²) in [6.07, 6.45) is 1.80. The SMILES string of the molecule is CCNC(C)c1ccc(OCc2nccs2)cc1. The molecule has 1 aromatic carbocycles. The van der Waals surface area contributed by atoms with Crippen molar-refractivity contribution < 1.29 is 4.74 Å². The van der Waals surface area contributed by atoms with Crippen molar-refractivity contribution in [3.8, 4) is 5.75 Å². The molecule has 1 aromatic heterocycles. The van der Waals surface area contributed by atoms with Crippen LogP contribution in [0.15, 0.2) is 35.8 Å². The summed E-state index contributed by atoms with van der Waals surface area (Å²) in [5.41, 5.74) is 1.28. The van der Waals surface area contributed by atoms with Crippen molar-refractivity contribution in [2.45, 2.75) is 26.5 Å². The van der Waals surface area contributed by atoms with Crippen LogP contribution < -0.4 is 10.1 Å². The minimum Gasteiger partial charge on any atom is -0.486 e. The lowest BCUT2D eigenvalue weighted by atomic mass is 10.1. The van der Waals surface area contributed by atoms with Gasteiger partial charge in [-0.05, 0) is 31.2 Å². The summed E-state index contributed by atoms with van der Waals surface area (Å²) in [4.78, 5) is 4.18. The van der Waals surface area contributed by atoms with Crippen LogP contribution in [-0.4, -0.2) is 11.5 Å². The summed E-state index contributed by atoms with van der Waals surface area (Å²) in [6.45, 7) is 5.79. The number of rotatable bonds is 6. The normalized spacial score (nSPS) is 12.3. The van der Waals surface area contributed by atoms with Gasteiger partial charge in [-0.15, -0.1) is 11.3 Å². The van der Waals surface area contributed by atoms with E-state index in [0.717, 1.165) is 17.3 Å². The van der Waals surface area contributed by atoms with Gasteiger partial charge >= 0.3 is 0 Å². The first-order chi connectivity index (χ1) is 8.79. The number of nitrogens with one attached hydrogen (secondary N) is 1. The zero-order valence-electron chi connectivity index (χ0n) is 10.7. The third-order valence-electron chi connectivity index (χ3n) is 2.74. The van der Waals surface area contributed by atoms with Crippen LogP contribution in [0.4, 0.5) is 0 Å². The van der Waals surface area contributed by atoms with Crippen LogP contribution in [0.2, 0.25) is 0 Å². The van der Waals surface area contributed by atoms with Crippen LogP contribution in [0.25, 0.3) is 0 Å². The monoisotopic (exact) mass is 262 g/mol. The number of thiazole rings is 1. The minimum absolute atomic E-state index is 0.378. The average Bonchev–Trinajstić information content (AvgIpc) is 2.90. The van der Waals surface area contributed by atoms with Gasteiger partial charge in [-0.3, -0.25) is 0 Å². The molecular formula is C14H18N2OS. The molecule has 1 atom stereocenters. The van der Waals surface area contributed by atoms with E-state index in [9.17, 15) is 0 Å². The lowest BCUT2D eigenvalue weighted by Crippen LogP contribution is -2.17. The molecule has 0 aliphatic heterocycles. The zero-order valence-corrected chi connectivity index (χ0v) is 11.5. The second kappa shape index (κ2) is 6.52. The summed E-state index contributed by atoms with van der Waals surface area (Å²) >= 11 is 1.61. The molecule has 0 radical (unpaired) electrons. The summed E-state index contributed by atoms with van der Waals surface area (Å²) < 4.78 is 5.67. The molecule has 0 bridgehead atoms. The molecule has 0 spiro atoms. The summed E-state index contributed by atoms with van der Waals surface area (Å²) in [5.74, 6) is 0.887. The quantitative estimate of drug-likeness (QED) is 0.866. The van der Waals surface area contributed by atoms with E-state index in [-0.39, 0.29) is 0 Å². The number of nitrogens with zero attached hydrogens (tertiary/aromatic N) is 1. The smallest absolute Gasteiger partial charge is 0.140 e. The van der Waals surface area contributed by atoms with E-state index in [0.29, 0.717) is 12.6 Å². The first-order valence-electron chi connectivity index (χ1n) is 6.14. The molecule has 0 fully saturated rings. The van der Waals surface area contributed by atoms with E-state index in [1.165, 1.54) is 5.56 Å². The van der Waals surface area contributed by atoms with Gasteiger partial charge in [0.15, 0.2) is 0 Å². The maximum Gasteiger partial charge on any atom is 0.140 e. The molecule has 0 aliphatic carbocycles. The van der Waals surface area contributed by atoms with Crippen LogP contribution in [0.3, 0.4) is 0 Å². The van der Waals surface area contributed by atoms with Gasteiger partial charge < -0.3 is 10.1 Å². The average molecular weight is 262 g/mol. The van der Waals surface area contributed by atoms with E-state index in [4.69, 9.17) is 4.74 Å². The molecule has 0 amide bonds. The third-order valence-corrected chi connectivity index (χ3v) is 3.49. The molecule has 4 heteroatoms. The van der Waals surface area contributed by atoms with Crippen LogP contribution in [0.5, 0.6) is 5.75 Å². The molecule has 3 nitrogen and oxygen atoms in total. The van der Waals surface area contributed by atoms with Gasteiger partial charge in [-0.1, -0.05) is 19.1 Å². The predicted octanol–water partition coefficient (Wildman–Crippen LogP) is 3.39. The fraction of sp³-hybridized carbons (Fsp3) is 0.357. The second-order valence-corrected chi connectivity index (χ2v) is 5.04. The molecule has 0 aliphatic rings. The van der Waals surface area contributed by atoms with Crippen molar-refractivity contribution in [3.63, 3.8) is 0 Å². The topological polar surface area (TPSA) is 34.1 Å². The first-order valence-corrected chi connectivity index (χ1v) is 7.02. The molecule has 0 saturated heterocycles. The van der Waals surface area contributed by atoms with E-state index in [2.05, 4.69) is 36.3 Å². The maximum atomic E-state index is 5.67. The largest absolute Gasteiger partial charge is 0.486 e. The Morgan fingerprint density at radius 2 is 2.11 bits per heavy atom. The first kappa shape index (κ1) is 13.1. The fourth-order valence-corrected chi connectivity index (χ4v) is 2.27. The molecular weight excluding hydrogens is 244 g/mol. The number of benzene rings is 1. The van der Waals surface area contributed by atoms with Crippen LogP contribution in [-0.2, 0) is 6.61 Å². The number of aromatic nitrogens is 1. The highest BCUT2D eigenvalue weighted by Crippen LogP contribution is 2.18.